The van der Waals surface area contributed by atoms with Gasteiger partial charge in [-0.25, -0.2) is 4.39 Å². The Morgan fingerprint density at radius 2 is 2.00 bits per heavy atom. The number of nitrogens with two attached hydrogens (primary N) is 1. The molecule has 1 aliphatic heterocycles. The van der Waals surface area contributed by atoms with Gasteiger partial charge in [-0.1, -0.05) is 35.9 Å². The second kappa shape index (κ2) is 5.04. The lowest BCUT2D eigenvalue weighted by atomic mass is 9.90. The van der Waals surface area contributed by atoms with E-state index in [0.717, 1.165) is 5.56 Å². The van der Waals surface area contributed by atoms with E-state index in [1.54, 1.807) is 6.07 Å². The number of halogens is 2. The van der Waals surface area contributed by atoms with Gasteiger partial charge in [0.1, 0.15) is 5.82 Å². The quantitative estimate of drug-likeness (QED) is 0.922. The highest BCUT2D eigenvalue weighted by Crippen LogP contribution is 2.39. The Bertz CT molecular complexity index is 716. The summed E-state index contributed by atoms with van der Waals surface area (Å²) in [5, 5.41) is 0.645. The van der Waals surface area contributed by atoms with Crippen LogP contribution in [0.4, 0.5) is 10.1 Å². The molecule has 0 bridgehead atoms. The van der Waals surface area contributed by atoms with Crippen molar-refractivity contribution in [2.75, 3.05) is 11.4 Å². The van der Waals surface area contributed by atoms with Crippen LogP contribution >= 0.6 is 11.6 Å². The molecule has 0 aromatic heterocycles. The van der Waals surface area contributed by atoms with Gasteiger partial charge in [0.2, 0.25) is 0 Å². The van der Waals surface area contributed by atoms with Crippen molar-refractivity contribution in [3.63, 3.8) is 0 Å². The second-order valence-electron chi connectivity index (χ2n) is 5.24. The van der Waals surface area contributed by atoms with Gasteiger partial charge >= 0.3 is 0 Å². The van der Waals surface area contributed by atoms with Crippen molar-refractivity contribution in [2.24, 2.45) is 10.7 Å². The molecule has 2 aromatic carbocycles. The molecular formula is C16H15ClFN3. The molecule has 108 valence electrons. The van der Waals surface area contributed by atoms with Crippen molar-refractivity contribution in [1.82, 2.24) is 0 Å². The minimum absolute atomic E-state index is 0.311. The number of guanidine groups is 1. The molecule has 0 saturated heterocycles. The van der Waals surface area contributed by atoms with Gasteiger partial charge in [0.05, 0.1) is 12.1 Å². The highest BCUT2D eigenvalue weighted by molar-refractivity contribution is 6.31. The Kier molecular flexibility index (Phi) is 3.33. The Labute approximate surface area is 127 Å². The highest BCUT2D eigenvalue weighted by Gasteiger charge is 2.41. The van der Waals surface area contributed by atoms with E-state index in [2.05, 4.69) is 4.99 Å². The fourth-order valence-corrected chi connectivity index (χ4v) is 3.10. The zero-order chi connectivity index (χ0) is 15.0. The Balaban J connectivity index is 2.13. The molecule has 3 nitrogen and oxygen atoms in total. The molecule has 0 radical (unpaired) electrons. The molecule has 1 atom stereocenters. The Morgan fingerprint density at radius 3 is 2.71 bits per heavy atom. The third kappa shape index (κ3) is 2.25. The summed E-state index contributed by atoms with van der Waals surface area (Å²) in [5.41, 5.74) is 7.08. The molecule has 1 unspecified atom stereocenters. The van der Waals surface area contributed by atoms with E-state index in [-0.39, 0.29) is 5.82 Å². The number of nitrogens with zero attached hydrogens (tertiary/aromatic N) is 2. The van der Waals surface area contributed by atoms with Gasteiger partial charge < -0.3 is 10.6 Å². The van der Waals surface area contributed by atoms with E-state index in [1.165, 1.54) is 12.1 Å². The molecule has 2 N–H and O–H groups in total. The van der Waals surface area contributed by atoms with Crippen molar-refractivity contribution < 1.29 is 4.39 Å². The van der Waals surface area contributed by atoms with Crippen molar-refractivity contribution in [3.8, 4) is 0 Å². The maximum atomic E-state index is 13.5. The largest absolute Gasteiger partial charge is 0.369 e. The van der Waals surface area contributed by atoms with Crippen LogP contribution in [0.5, 0.6) is 0 Å². The molecule has 0 amide bonds. The topological polar surface area (TPSA) is 41.6 Å². The van der Waals surface area contributed by atoms with Crippen LogP contribution in [0, 0.1) is 5.82 Å². The summed E-state index contributed by atoms with van der Waals surface area (Å²) in [6.07, 6.45) is 0. The first kappa shape index (κ1) is 13.9. The van der Waals surface area contributed by atoms with Gasteiger partial charge in [0.15, 0.2) is 5.96 Å². The van der Waals surface area contributed by atoms with Gasteiger partial charge in [0.25, 0.3) is 0 Å². The van der Waals surface area contributed by atoms with Gasteiger partial charge in [-0.2, -0.15) is 0 Å². The van der Waals surface area contributed by atoms with Crippen LogP contribution in [-0.4, -0.2) is 12.5 Å². The van der Waals surface area contributed by atoms with E-state index in [0.29, 0.717) is 23.2 Å². The monoisotopic (exact) mass is 303 g/mol. The summed E-state index contributed by atoms with van der Waals surface area (Å²) in [5.74, 6) is 0.0525. The van der Waals surface area contributed by atoms with E-state index in [9.17, 15) is 4.39 Å². The normalized spacial score (nSPS) is 21.5. The van der Waals surface area contributed by atoms with E-state index in [1.807, 2.05) is 42.2 Å². The van der Waals surface area contributed by atoms with Gasteiger partial charge in [-0.05, 0) is 36.8 Å². The lowest BCUT2D eigenvalue weighted by molar-refractivity contribution is 0.531. The maximum absolute atomic E-state index is 13.5. The number of aliphatic imine (C=N–C) groups is 1. The summed E-state index contributed by atoms with van der Waals surface area (Å²) in [6.45, 7) is 2.47. The van der Waals surface area contributed by atoms with Gasteiger partial charge in [-0.3, -0.25) is 4.99 Å². The maximum Gasteiger partial charge on any atom is 0.196 e. The fourth-order valence-electron chi connectivity index (χ4n) is 2.77. The zero-order valence-electron chi connectivity index (χ0n) is 11.6. The first-order valence-electron chi connectivity index (χ1n) is 6.63. The summed E-state index contributed by atoms with van der Waals surface area (Å²) >= 11 is 6.33. The minimum atomic E-state index is -0.532. The Hall–Kier alpha value is -2.07. The molecule has 2 aromatic rings. The molecule has 0 aliphatic carbocycles. The number of hydrogen-bond donors (Lipinski definition) is 1. The average molecular weight is 304 g/mol. The first-order chi connectivity index (χ1) is 10.0. The third-order valence-corrected chi connectivity index (χ3v) is 4.12. The average Bonchev–Trinajstić information content (AvgIpc) is 2.76. The molecule has 5 heteroatoms. The summed E-state index contributed by atoms with van der Waals surface area (Å²) in [4.78, 5) is 6.16. The summed E-state index contributed by atoms with van der Waals surface area (Å²) in [6, 6.07) is 13.9. The molecular weight excluding hydrogens is 289 g/mol. The van der Waals surface area contributed by atoms with Crippen LogP contribution in [0.1, 0.15) is 12.5 Å². The van der Waals surface area contributed by atoms with Crippen LogP contribution in [0.3, 0.4) is 0 Å². The van der Waals surface area contributed by atoms with Gasteiger partial charge in [-0.15, -0.1) is 0 Å². The van der Waals surface area contributed by atoms with Crippen LogP contribution < -0.4 is 10.6 Å². The van der Waals surface area contributed by atoms with Crippen molar-refractivity contribution in [2.45, 2.75) is 12.5 Å². The molecule has 0 saturated carbocycles. The fraction of sp³-hybridized carbons (Fsp3) is 0.188. The number of hydrogen-bond acceptors (Lipinski definition) is 3. The van der Waals surface area contributed by atoms with Crippen LogP contribution in [0.25, 0.3) is 0 Å². The number of anilines is 1. The highest BCUT2D eigenvalue weighted by atomic mass is 35.5. The molecule has 1 aliphatic rings. The van der Waals surface area contributed by atoms with Crippen LogP contribution in [0.15, 0.2) is 53.5 Å². The predicted molar refractivity (Wildman–Crippen MR) is 84.2 cm³/mol. The number of rotatable bonds is 2. The first-order valence-corrected chi connectivity index (χ1v) is 7.01. The smallest absolute Gasteiger partial charge is 0.196 e. The van der Waals surface area contributed by atoms with Crippen LogP contribution in [0.2, 0.25) is 5.02 Å². The molecule has 3 rings (SSSR count). The third-order valence-electron chi connectivity index (χ3n) is 3.79. The van der Waals surface area contributed by atoms with E-state index in [4.69, 9.17) is 17.3 Å². The second-order valence-corrected chi connectivity index (χ2v) is 5.65. The molecule has 0 fully saturated rings. The zero-order valence-corrected chi connectivity index (χ0v) is 12.3. The summed E-state index contributed by atoms with van der Waals surface area (Å²) in [7, 11) is 0. The van der Waals surface area contributed by atoms with Crippen molar-refractivity contribution in [1.29, 1.82) is 0 Å². The van der Waals surface area contributed by atoms with E-state index >= 15 is 0 Å². The molecule has 21 heavy (non-hydrogen) atoms. The van der Waals surface area contributed by atoms with Crippen molar-refractivity contribution >= 4 is 23.2 Å². The lowest BCUT2D eigenvalue weighted by Gasteiger charge is -2.37. The van der Waals surface area contributed by atoms with E-state index < -0.39 is 5.54 Å². The van der Waals surface area contributed by atoms with Crippen LogP contribution in [-0.2, 0) is 5.54 Å². The molecule has 1 heterocycles. The predicted octanol–water partition coefficient (Wildman–Crippen LogP) is 3.53. The number of benzene rings is 2. The standard InChI is InChI=1S/C16H15ClFN3/c1-16(13-7-2-3-8-14(13)17)10-20-15(19)21(16)12-6-4-5-11(18)9-12/h2-9H,10H2,1H3,(H2,19,20). The van der Waals surface area contributed by atoms with Gasteiger partial charge in [0, 0.05) is 10.7 Å². The summed E-state index contributed by atoms with van der Waals surface area (Å²) < 4.78 is 13.5. The lowest BCUT2D eigenvalue weighted by Crippen LogP contribution is -2.48. The SMILES string of the molecule is CC1(c2ccccc2Cl)CN=C(N)N1c1cccc(F)c1. The molecule has 0 spiro atoms. The minimum Gasteiger partial charge on any atom is -0.369 e. The Morgan fingerprint density at radius 1 is 1.24 bits per heavy atom. The van der Waals surface area contributed by atoms with Crippen molar-refractivity contribution in [3.05, 3.63) is 64.9 Å².